The van der Waals surface area contributed by atoms with Gasteiger partial charge in [0.15, 0.2) is 0 Å². The second kappa shape index (κ2) is 7.02. The van der Waals surface area contributed by atoms with E-state index < -0.39 is 0 Å². The highest BCUT2D eigenvalue weighted by Crippen LogP contribution is 2.24. The normalized spacial score (nSPS) is 14.3. The highest BCUT2D eigenvalue weighted by molar-refractivity contribution is 7.13. The summed E-state index contributed by atoms with van der Waals surface area (Å²) >= 11 is 1.71. The van der Waals surface area contributed by atoms with Gasteiger partial charge < -0.3 is 15.0 Å². The van der Waals surface area contributed by atoms with Crippen molar-refractivity contribution in [2.24, 2.45) is 0 Å². The second-order valence-corrected chi connectivity index (χ2v) is 6.01. The van der Waals surface area contributed by atoms with Crippen LogP contribution in [0.15, 0.2) is 29.9 Å². The van der Waals surface area contributed by atoms with Gasteiger partial charge in [-0.1, -0.05) is 13.0 Å². The third-order valence-corrected chi connectivity index (χ3v) is 4.89. The SMILES string of the molecule is CCC(CO)(CCCn1ccnc1-c1cccs1)NC. The molecule has 0 aliphatic rings. The number of hydrogen-bond donors (Lipinski definition) is 2. The molecule has 0 aromatic carbocycles. The van der Waals surface area contributed by atoms with Gasteiger partial charge in [0.2, 0.25) is 0 Å². The standard InChI is InChI=1S/C15H23N3OS/c1-3-15(12-19,16-2)7-5-9-18-10-8-17-14(18)13-6-4-11-20-13/h4,6,8,10-11,16,19H,3,5,7,9,12H2,1-2H3. The van der Waals surface area contributed by atoms with E-state index in [4.69, 9.17) is 0 Å². The number of imidazole rings is 1. The Morgan fingerprint density at radius 3 is 2.95 bits per heavy atom. The summed E-state index contributed by atoms with van der Waals surface area (Å²) in [5, 5.41) is 14.9. The minimum Gasteiger partial charge on any atom is -0.394 e. The first-order valence-electron chi connectivity index (χ1n) is 7.09. The molecule has 2 rings (SSSR count). The lowest BCUT2D eigenvalue weighted by atomic mass is 9.91. The molecule has 0 radical (unpaired) electrons. The minimum absolute atomic E-state index is 0.149. The van der Waals surface area contributed by atoms with Crippen LogP contribution in [0.25, 0.3) is 10.7 Å². The summed E-state index contributed by atoms with van der Waals surface area (Å²) in [6.45, 7) is 3.22. The van der Waals surface area contributed by atoms with E-state index in [9.17, 15) is 5.11 Å². The Labute approximate surface area is 124 Å². The van der Waals surface area contributed by atoms with Gasteiger partial charge in [-0.15, -0.1) is 11.3 Å². The molecule has 0 saturated heterocycles. The lowest BCUT2D eigenvalue weighted by Crippen LogP contribution is -2.46. The highest BCUT2D eigenvalue weighted by atomic mass is 32.1. The van der Waals surface area contributed by atoms with E-state index in [-0.39, 0.29) is 12.1 Å². The minimum atomic E-state index is -0.149. The Morgan fingerprint density at radius 1 is 1.50 bits per heavy atom. The smallest absolute Gasteiger partial charge is 0.149 e. The fourth-order valence-electron chi connectivity index (χ4n) is 2.46. The zero-order valence-electron chi connectivity index (χ0n) is 12.2. The summed E-state index contributed by atoms with van der Waals surface area (Å²) in [6, 6.07) is 4.15. The maximum absolute atomic E-state index is 9.56. The molecule has 0 saturated carbocycles. The van der Waals surface area contributed by atoms with Crippen molar-refractivity contribution in [1.29, 1.82) is 0 Å². The largest absolute Gasteiger partial charge is 0.394 e. The number of thiophene rings is 1. The van der Waals surface area contributed by atoms with Gasteiger partial charge in [0, 0.05) is 24.5 Å². The monoisotopic (exact) mass is 293 g/mol. The van der Waals surface area contributed by atoms with Crippen molar-refractivity contribution in [2.75, 3.05) is 13.7 Å². The van der Waals surface area contributed by atoms with E-state index in [0.29, 0.717) is 0 Å². The van der Waals surface area contributed by atoms with Crippen LogP contribution in [0.4, 0.5) is 0 Å². The average molecular weight is 293 g/mol. The fourth-order valence-corrected chi connectivity index (χ4v) is 3.19. The van der Waals surface area contributed by atoms with Crippen LogP contribution >= 0.6 is 11.3 Å². The first-order chi connectivity index (χ1) is 9.74. The summed E-state index contributed by atoms with van der Waals surface area (Å²) in [5.74, 6) is 1.04. The first-order valence-corrected chi connectivity index (χ1v) is 7.97. The molecule has 0 amide bonds. The molecule has 2 heterocycles. The van der Waals surface area contributed by atoms with Crippen LogP contribution in [-0.2, 0) is 6.54 Å². The summed E-state index contributed by atoms with van der Waals surface area (Å²) in [4.78, 5) is 5.64. The van der Waals surface area contributed by atoms with Crippen molar-refractivity contribution in [3.63, 3.8) is 0 Å². The Kier molecular flexibility index (Phi) is 5.34. The topological polar surface area (TPSA) is 50.1 Å². The molecule has 0 bridgehead atoms. The number of aliphatic hydroxyl groups is 1. The molecule has 0 aliphatic carbocycles. The van der Waals surface area contributed by atoms with Gasteiger partial charge >= 0.3 is 0 Å². The van der Waals surface area contributed by atoms with E-state index in [2.05, 4.69) is 33.2 Å². The molecule has 2 aromatic heterocycles. The summed E-state index contributed by atoms with van der Waals surface area (Å²) < 4.78 is 2.19. The van der Waals surface area contributed by atoms with E-state index in [1.54, 1.807) is 11.3 Å². The molecular formula is C15H23N3OS. The fraction of sp³-hybridized carbons (Fsp3) is 0.533. The number of aryl methyl sites for hydroxylation is 1. The molecule has 4 nitrogen and oxygen atoms in total. The maximum atomic E-state index is 9.56. The van der Waals surface area contributed by atoms with Gasteiger partial charge in [0.05, 0.1) is 11.5 Å². The average Bonchev–Trinajstić information content (AvgIpc) is 3.14. The Hall–Kier alpha value is -1.17. The predicted octanol–water partition coefficient (Wildman–Crippen LogP) is 2.75. The van der Waals surface area contributed by atoms with Crippen molar-refractivity contribution in [1.82, 2.24) is 14.9 Å². The van der Waals surface area contributed by atoms with Crippen LogP contribution in [0.5, 0.6) is 0 Å². The van der Waals surface area contributed by atoms with Crippen LogP contribution in [0, 0.1) is 0 Å². The quantitative estimate of drug-likeness (QED) is 0.787. The van der Waals surface area contributed by atoms with Gasteiger partial charge in [-0.05, 0) is 37.8 Å². The summed E-state index contributed by atoms with van der Waals surface area (Å²) in [6.07, 6.45) is 6.79. The van der Waals surface area contributed by atoms with Gasteiger partial charge in [-0.2, -0.15) is 0 Å². The van der Waals surface area contributed by atoms with E-state index >= 15 is 0 Å². The second-order valence-electron chi connectivity index (χ2n) is 5.07. The van der Waals surface area contributed by atoms with Crippen molar-refractivity contribution < 1.29 is 5.11 Å². The summed E-state index contributed by atoms with van der Waals surface area (Å²) in [7, 11) is 1.92. The number of aliphatic hydroxyl groups excluding tert-OH is 1. The summed E-state index contributed by atoms with van der Waals surface area (Å²) in [5.41, 5.74) is -0.149. The van der Waals surface area contributed by atoms with Crippen LogP contribution in [-0.4, -0.2) is 33.9 Å². The maximum Gasteiger partial charge on any atom is 0.149 e. The molecule has 110 valence electrons. The van der Waals surface area contributed by atoms with Gasteiger partial charge in [0.25, 0.3) is 0 Å². The van der Waals surface area contributed by atoms with Crippen molar-refractivity contribution in [3.8, 4) is 10.7 Å². The first kappa shape index (κ1) is 15.2. The molecule has 2 aromatic rings. The van der Waals surface area contributed by atoms with Crippen molar-refractivity contribution >= 4 is 11.3 Å². The van der Waals surface area contributed by atoms with E-state index in [1.807, 2.05) is 25.5 Å². The van der Waals surface area contributed by atoms with E-state index in [1.165, 1.54) is 4.88 Å². The predicted molar refractivity (Wildman–Crippen MR) is 83.9 cm³/mol. The van der Waals surface area contributed by atoms with Crippen LogP contribution < -0.4 is 5.32 Å². The lowest BCUT2D eigenvalue weighted by molar-refractivity contribution is 0.151. The van der Waals surface area contributed by atoms with Crippen molar-refractivity contribution in [3.05, 3.63) is 29.9 Å². The molecule has 0 spiro atoms. The van der Waals surface area contributed by atoms with Crippen LogP contribution in [0.3, 0.4) is 0 Å². The van der Waals surface area contributed by atoms with Gasteiger partial charge in [-0.3, -0.25) is 0 Å². The third-order valence-electron chi connectivity index (χ3n) is 4.02. The number of aromatic nitrogens is 2. The van der Waals surface area contributed by atoms with E-state index in [0.717, 1.165) is 31.6 Å². The highest BCUT2D eigenvalue weighted by Gasteiger charge is 2.24. The van der Waals surface area contributed by atoms with Crippen LogP contribution in [0.1, 0.15) is 26.2 Å². The molecule has 0 fully saturated rings. The molecular weight excluding hydrogens is 270 g/mol. The molecule has 5 heteroatoms. The molecule has 20 heavy (non-hydrogen) atoms. The van der Waals surface area contributed by atoms with Gasteiger partial charge in [0.1, 0.15) is 5.82 Å². The Bertz CT molecular complexity index is 495. The van der Waals surface area contributed by atoms with Crippen molar-refractivity contribution in [2.45, 2.75) is 38.3 Å². The Balaban J connectivity index is 1.97. The molecule has 1 atom stereocenters. The van der Waals surface area contributed by atoms with Crippen LogP contribution in [0.2, 0.25) is 0 Å². The zero-order valence-corrected chi connectivity index (χ0v) is 13.0. The number of nitrogens with zero attached hydrogens (tertiary/aromatic N) is 2. The number of rotatable bonds is 8. The Morgan fingerprint density at radius 2 is 2.35 bits per heavy atom. The third kappa shape index (κ3) is 3.29. The number of likely N-dealkylation sites (N-methyl/N-ethyl adjacent to an activating group) is 1. The lowest BCUT2D eigenvalue weighted by Gasteiger charge is -2.30. The number of hydrogen-bond acceptors (Lipinski definition) is 4. The molecule has 2 N–H and O–H groups in total. The van der Waals surface area contributed by atoms with Gasteiger partial charge in [-0.25, -0.2) is 4.98 Å². The molecule has 1 unspecified atom stereocenters. The molecule has 0 aliphatic heterocycles. The zero-order chi connectivity index (χ0) is 14.4. The number of nitrogens with one attached hydrogen (secondary N) is 1.